The lowest BCUT2D eigenvalue weighted by Crippen LogP contribution is -2.19. The van der Waals surface area contributed by atoms with Crippen LogP contribution in [-0.4, -0.2) is 28.2 Å². The molecule has 0 spiro atoms. The van der Waals surface area contributed by atoms with Crippen LogP contribution in [0.2, 0.25) is 0 Å². The Labute approximate surface area is 110 Å². The number of ketones is 1. The Morgan fingerprint density at radius 2 is 2.28 bits per heavy atom. The van der Waals surface area contributed by atoms with E-state index >= 15 is 0 Å². The van der Waals surface area contributed by atoms with Gasteiger partial charge in [-0.2, -0.15) is 0 Å². The molecule has 1 aliphatic rings. The van der Waals surface area contributed by atoms with E-state index in [0.717, 1.165) is 24.1 Å². The van der Waals surface area contributed by atoms with Crippen LogP contribution in [0.4, 0.5) is 5.69 Å². The Morgan fingerprint density at radius 3 is 2.89 bits per heavy atom. The highest BCUT2D eigenvalue weighted by molar-refractivity contribution is 7.90. The zero-order valence-electron chi connectivity index (χ0n) is 10.5. The predicted molar refractivity (Wildman–Crippen MR) is 71.4 cm³/mol. The first-order valence-electron chi connectivity index (χ1n) is 5.92. The van der Waals surface area contributed by atoms with E-state index in [2.05, 4.69) is 5.32 Å². The molecule has 0 aromatic heterocycles. The van der Waals surface area contributed by atoms with Gasteiger partial charge in [-0.3, -0.25) is 4.79 Å². The maximum Gasteiger partial charge on any atom is 0.196 e. The normalized spacial score (nSPS) is 20.5. The molecule has 1 aromatic rings. The van der Waals surface area contributed by atoms with Crippen LogP contribution in [0, 0.1) is 5.92 Å². The molecule has 2 N–H and O–H groups in total. The molecule has 0 bridgehead atoms. The van der Waals surface area contributed by atoms with Crippen LogP contribution in [0.5, 0.6) is 5.75 Å². The molecular formula is C13H17NO3S. The van der Waals surface area contributed by atoms with Crippen LogP contribution in [-0.2, 0) is 22.4 Å². The van der Waals surface area contributed by atoms with E-state index in [0.29, 0.717) is 11.4 Å². The second-order valence-corrected chi connectivity index (χ2v) is 6.01. The number of phenols is 1. The quantitative estimate of drug-likeness (QED) is 0.632. The number of anilines is 1. The Morgan fingerprint density at radius 1 is 1.56 bits per heavy atom. The molecule has 4 nitrogen and oxygen atoms in total. The van der Waals surface area contributed by atoms with Crippen LogP contribution < -0.4 is 5.32 Å². The Bertz CT molecular complexity index is 474. The second kappa shape index (κ2) is 5.20. The summed E-state index contributed by atoms with van der Waals surface area (Å²) in [4.78, 5) is 11.8. The van der Waals surface area contributed by atoms with Crippen molar-refractivity contribution in [3.63, 3.8) is 0 Å². The first-order valence-corrected chi connectivity index (χ1v) is 7.48. The largest absolute Gasteiger partial charge is 0.612 e. The molecule has 0 amide bonds. The van der Waals surface area contributed by atoms with E-state index in [9.17, 15) is 14.5 Å². The van der Waals surface area contributed by atoms with Gasteiger partial charge in [-0.05, 0) is 42.6 Å². The molecule has 0 aliphatic carbocycles. The number of aromatic hydroxyl groups is 1. The molecule has 0 radical (unpaired) electrons. The summed E-state index contributed by atoms with van der Waals surface area (Å²) in [5.41, 5.74) is 1.85. The molecule has 2 unspecified atom stereocenters. The van der Waals surface area contributed by atoms with Crippen molar-refractivity contribution in [1.29, 1.82) is 0 Å². The molecule has 2 atom stereocenters. The number of carbonyl (C=O) groups is 1. The summed E-state index contributed by atoms with van der Waals surface area (Å²) < 4.78 is 11.5. The van der Waals surface area contributed by atoms with Crippen molar-refractivity contribution in [1.82, 2.24) is 0 Å². The van der Waals surface area contributed by atoms with E-state index in [4.69, 9.17) is 0 Å². The minimum atomic E-state index is -1.22. The van der Waals surface area contributed by atoms with Gasteiger partial charge in [-0.25, -0.2) is 0 Å². The van der Waals surface area contributed by atoms with Gasteiger partial charge >= 0.3 is 0 Å². The summed E-state index contributed by atoms with van der Waals surface area (Å²) in [5, 5.41) is 13.0. The van der Waals surface area contributed by atoms with Crippen molar-refractivity contribution in [3.8, 4) is 5.75 Å². The third kappa shape index (κ3) is 2.62. The number of carbonyl (C=O) groups excluding carboxylic acids is 1. The van der Waals surface area contributed by atoms with Crippen molar-refractivity contribution in [2.24, 2.45) is 5.92 Å². The second-order valence-electron chi connectivity index (χ2n) is 4.66. The Balaban J connectivity index is 2.31. The van der Waals surface area contributed by atoms with Crippen LogP contribution >= 0.6 is 0 Å². The number of benzene rings is 1. The highest BCUT2D eigenvalue weighted by atomic mass is 32.2. The molecule has 98 valence electrons. The molecule has 0 saturated heterocycles. The monoisotopic (exact) mass is 267 g/mol. The number of hydrogen-bond donors (Lipinski definition) is 2. The van der Waals surface area contributed by atoms with Crippen molar-refractivity contribution in [2.75, 3.05) is 18.1 Å². The Kier molecular flexibility index (Phi) is 3.82. The standard InChI is InChI=1S/C13H17NO3S/c1-8(15)10-4-3-9-5-12(16)13(18(2)17)6-11(9)14-7-10/h5-6,10,14,16H,3-4,7H2,1-2H3. The number of nitrogens with one attached hydrogen (secondary N) is 1. The summed E-state index contributed by atoms with van der Waals surface area (Å²) in [6, 6.07) is 3.38. The van der Waals surface area contributed by atoms with E-state index in [1.165, 1.54) is 6.26 Å². The van der Waals surface area contributed by atoms with Crippen LogP contribution in [0.15, 0.2) is 17.0 Å². The fourth-order valence-electron chi connectivity index (χ4n) is 2.23. The zero-order chi connectivity index (χ0) is 13.3. The minimum Gasteiger partial charge on any atom is -0.612 e. The average molecular weight is 267 g/mol. The van der Waals surface area contributed by atoms with Crippen LogP contribution in [0.1, 0.15) is 18.9 Å². The van der Waals surface area contributed by atoms with Crippen molar-refractivity contribution in [3.05, 3.63) is 17.7 Å². The SMILES string of the molecule is CC(=O)C1CCc2cc(O)c([S+](C)[O-])cc2NC1. The van der Waals surface area contributed by atoms with Gasteiger partial charge in [0.2, 0.25) is 0 Å². The highest BCUT2D eigenvalue weighted by Gasteiger charge is 2.22. The van der Waals surface area contributed by atoms with Gasteiger partial charge in [0.25, 0.3) is 0 Å². The van der Waals surface area contributed by atoms with Gasteiger partial charge in [0.1, 0.15) is 12.0 Å². The van der Waals surface area contributed by atoms with E-state index in [-0.39, 0.29) is 17.5 Å². The maximum absolute atomic E-state index is 11.5. The number of phenolic OH excluding ortho intramolecular Hbond substituents is 1. The van der Waals surface area contributed by atoms with E-state index in [1.807, 2.05) is 0 Å². The first kappa shape index (κ1) is 13.2. The third-order valence-electron chi connectivity index (χ3n) is 3.37. The summed E-state index contributed by atoms with van der Waals surface area (Å²) in [6.45, 7) is 2.20. The lowest BCUT2D eigenvalue weighted by molar-refractivity contribution is -0.120. The van der Waals surface area contributed by atoms with Gasteiger partial charge in [0, 0.05) is 24.2 Å². The molecule has 5 heteroatoms. The smallest absolute Gasteiger partial charge is 0.196 e. The molecular weight excluding hydrogens is 250 g/mol. The number of rotatable bonds is 2. The molecule has 0 fully saturated rings. The molecule has 1 heterocycles. The van der Waals surface area contributed by atoms with Gasteiger partial charge in [-0.1, -0.05) is 0 Å². The molecule has 2 rings (SSSR count). The first-order chi connectivity index (χ1) is 8.49. The van der Waals surface area contributed by atoms with Crippen molar-refractivity contribution in [2.45, 2.75) is 24.7 Å². The topological polar surface area (TPSA) is 72.4 Å². The lowest BCUT2D eigenvalue weighted by atomic mass is 9.98. The highest BCUT2D eigenvalue weighted by Crippen LogP contribution is 2.33. The number of fused-ring (bicyclic) bond motifs is 1. The van der Waals surface area contributed by atoms with Gasteiger partial charge in [0.05, 0.1) is 0 Å². The fraction of sp³-hybridized carbons (Fsp3) is 0.462. The zero-order valence-corrected chi connectivity index (χ0v) is 11.3. The van der Waals surface area contributed by atoms with Crippen LogP contribution in [0.3, 0.4) is 0 Å². The van der Waals surface area contributed by atoms with Gasteiger partial charge < -0.3 is 15.0 Å². The maximum atomic E-state index is 11.5. The summed E-state index contributed by atoms with van der Waals surface area (Å²) >= 11 is -1.22. The third-order valence-corrected chi connectivity index (χ3v) is 4.32. The van der Waals surface area contributed by atoms with Crippen LogP contribution in [0.25, 0.3) is 0 Å². The molecule has 18 heavy (non-hydrogen) atoms. The lowest BCUT2D eigenvalue weighted by Gasteiger charge is -2.13. The number of hydrogen-bond acceptors (Lipinski definition) is 4. The molecule has 0 saturated carbocycles. The Hall–Kier alpha value is -1.20. The number of Topliss-reactive ketones (excluding diaryl/α,β-unsaturated/α-hetero) is 1. The van der Waals surface area contributed by atoms with Crippen molar-refractivity contribution >= 4 is 22.6 Å². The van der Waals surface area contributed by atoms with E-state index < -0.39 is 11.2 Å². The van der Waals surface area contributed by atoms with Gasteiger partial charge in [0.15, 0.2) is 10.6 Å². The van der Waals surface area contributed by atoms with Gasteiger partial charge in [-0.15, -0.1) is 0 Å². The molecule has 1 aromatic carbocycles. The molecule has 1 aliphatic heterocycles. The summed E-state index contributed by atoms with van der Waals surface area (Å²) in [5.74, 6) is 0.256. The number of aryl methyl sites for hydroxylation is 1. The average Bonchev–Trinajstić information content (AvgIpc) is 2.49. The fourth-order valence-corrected chi connectivity index (χ4v) is 2.86. The van der Waals surface area contributed by atoms with Crippen molar-refractivity contribution < 1.29 is 14.5 Å². The summed E-state index contributed by atoms with van der Waals surface area (Å²) in [7, 11) is 0. The predicted octanol–water partition coefficient (Wildman–Crippen LogP) is 1.69. The minimum absolute atomic E-state index is 0.00937. The summed E-state index contributed by atoms with van der Waals surface area (Å²) in [6.07, 6.45) is 3.07. The van der Waals surface area contributed by atoms with E-state index in [1.54, 1.807) is 19.1 Å².